The molecule has 1 aromatic carbocycles. The van der Waals surface area contributed by atoms with Gasteiger partial charge in [0.2, 0.25) is 5.91 Å². The summed E-state index contributed by atoms with van der Waals surface area (Å²) in [5.74, 6) is 0.192. The Balaban J connectivity index is 2.72. The lowest BCUT2D eigenvalue weighted by Crippen LogP contribution is -2.37. The first-order valence-corrected chi connectivity index (χ1v) is 5.20. The van der Waals surface area contributed by atoms with E-state index >= 15 is 0 Å². The van der Waals surface area contributed by atoms with Gasteiger partial charge >= 0.3 is 5.97 Å². The molecule has 5 heteroatoms. The van der Waals surface area contributed by atoms with Crippen LogP contribution in [0, 0.1) is 18.2 Å². The second-order valence-electron chi connectivity index (χ2n) is 3.65. The van der Waals surface area contributed by atoms with Gasteiger partial charge in [-0.1, -0.05) is 18.1 Å². The van der Waals surface area contributed by atoms with Crippen LogP contribution in [0.4, 0.5) is 4.39 Å². The van der Waals surface area contributed by atoms with E-state index in [4.69, 9.17) is 11.5 Å². The normalized spacial score (nSPS) is 9.56. The van der Waals surface area contributed by atoms with E-state index in [0.29, 0.717) is 5.56 Å². The minimum atomic E-state index is -1.14. The molecule has 0 aliphatic heterocycles. The number of hydrogen-bond donors (Lipinski definition) is 1. The predicted octanol–water partition coefficient (Wildman–Crippen LogP) is 0.915. The van der Waals surface area contributed by atoms with Crippen molar-refractivity contribution in [3.05, 3.63) is 35.6 Å². The molecule has 0 saturated carbocycles. The van der Waals surface area contributed by atoms with E-state index in [1.807, 2.05) is 0 Å². The number of carbonyl (C=O) groups is 2. The van der Waals surface area contributed by atoms with Crippen LogP contribution in [-0.2, 0) is 16.0 Å². The van der Waals surface area contributed by atoms with Gasteiger partial charge in [-0.05, 0) is 17.7 Å². The van der Waals surface area contributed by atoms with E-state index in [0.717, 1.165) is 4.90 Å². The highest BCUT2D eigenvalue weighted by Crippen LogP contribution is 2.06. The fourth-order valence-corrected chi connectivity index (χ4v) is 1.44. The highest BCUT2D eigenvalue weighted by molar-refractivity contribution is 5.83. The number of rotatable bonds is 5. The minimum absolute atomic E-state index is 0.0767. The molecule has 0 heterocycles. The number of terminal acetylenes is 1. The Kier molecular flexibility index (Phi) is 4.88. The molecular weight excluding hydrogens is 237 g/mol. The summed E-state index contributed by atoms with van der Waals surface area (Å²) in [4.78, 5) is 23.4. The van der Waals surface area contributed by atoms with Crippen molar-refractivity contribution in [3.8, 4) is 12.3 Å². The summed E-state index contributed by atoms with van der Waals surface area (Å²) in [6.45, 7) is -0.543. The van der Waals surface area contributed by atoms with Gasteiger partial charge in [0, 0.05) is 0 Å². The van der Waals surface area contributed by atoms with Crippen LogP contribution >= 0.6 is 0 Å². The molecule has 0 aliphatic carbocycles. The summed E-state index contributed by atoms with van der Waals surface area (Å²) in [5, 5.41) is 8.65. The van der Waals surface area contributed by atoms with Crippen molar-refractivity contribution in [3.63, 3.8) is 0 Å². The number of aliphatic carboxylic acids is 1. The molecule has 0 aliphatic rings. The second kappa shape index (κ2) is 6.40. The monoisotopic (exact) mass is 249 g/mol. The molecule has 1 aromatic rings. The van der Waals surface area contributed by atoms with Crippen LogP contribution in [0.15, 0.2) is 24.3 Å². The van der Waals surface area contributed by atoms with Gasteiger partial charge in [0.15, 0.2) is 0 Å². The first kappa shape index (κ1) is 13.7. The molecule has 0 aromatic heterocycles. The Morgan fingerprint density at radius 1 is 1.44 bits per heavy atom. The average Bonchev–Trinajstić information content (AvgIpc) is 2.27. The van der Waals surface area contributed by atoms with Crippen LogP contribution < -0.4 is 0 Å². The average molecular weight is 249 g/mol. The molecule has 94 valence electrons. The Bertz CT molecular complexity index is 493. The first-order valence-electron chi connectivity index (χ1n) is 5.20. The van der Waals surface area contributed by atoms with Crippen LogP contribution in [-0.4, -0.2) is 35.0 Å². The molecule has 1 rings (SSSR count). The lowest BCUT2D eigenvalue weighted by atomic mass is 10.1. The van der Waals surface area contributed by atoms with Gasteiger partial charge in [-0.2, -0.15) is 0 Å². The molecule has 1 amide bonds. The first-order chi connectivity index (χ1) is 8.52. The van der Waals surface area contributed by atoms with Crippen molar-refractivity contribution in [1.29, 1.82) is 0 Å². The summed E-state index contributed by atoms with van der Waals surface area (Å²) in [7, 11) is 0. The second-order valence-corrected chi connectivity index (χ2v) is 3.65. The third-order valence-corrected chi connectivity index (χ3v) is 2.21. The lowest BCUT2D eigenvalue weighted by Gasteiger charge is -2.17. The summed E-state index contributed by atoms with van der Waals surface area (Å²) in [5.41, 5.74) is 0.479. The fraction of sp³-hybridized carbons (Fsp3) is 0.231. The molecule has 0 atom stereocenters. The summed E-state index contributed by atoms with van der Waals surface area (Å²) < 4.78 is 12.9. The number of carboxylic acids is 1. The van der Waals surface area contributed by atoms with E-state index in [1.165, 1.54) is 18.2 Å². The Morgan fingerprint density at radius 2 is 2.17 bits per heavy atom. The summed E-state index contributed by atoms with van der Waals surface area (Å²) in [6.07, 6.45) is 4.99. The maximum Gasteiger partial charge on any atom is 0.323 e. The van der Waals surface area contributed by atoms with Gasteiger partial charge in [0.25, 0.3) is 0 Å². The number of hydrogen-bond acceptors (Lipinski definition) is 2. The maximum atomic E-state index is 12.9. The number of carboxylic acid groups (broad SMARTS) is 1. The van der Waals surface area contributed by atoms with Crippen LogP contribution in [0.5, 0.6) is 0 Å². The molecule has 0 saturated heterocycles. The zero-order valence-corrected chi connectivity index (χ0v) is 9.60. The number of amides is 1. The summed E-state index contributed by atoms with van der Waals surface area (Å²) >= 11 is 0. The zero-order valence-electron chi connectivity index (χ0n) is 9.60. The third kappa shape index (κ3) is 4.26. The lowest BCUT2D eigenvalue weighted by molar-refractivity contribution is -0.143. The fourth-order valence-electron chi connectivity index (χ4n) is 1.44. The van der Waals surface area contributed by atoms with E-state index in [2.05, 4.69) is 5.92 Å². The van der Waals surface area contributed by atoms with E-state index in [1.54, 1.807) is 6.07 Å². The highest BCUT2D eigenvalue weighted by atomic mass is 19.1. The Morgan fingerprint density at radius 3 is 2.72 bits per heavy atom. The van der Waals surface area contributed by atoms with Gasteiger partial charge in [0.1, 0.15) is 12.4 Å². The van der Waals surface area contributed by atoms with Crippen LogP contribution in [0.3, 0.4) is 0 Å². The molecule has 0 radical (unpaired) electrons. The quantitative estimate of drug-likeness (QED) is 0.789. The van der Waals surface area contributed by atoms with E-state index < -0.39 is 24.2 Å². The van der Waals surface area contributed by atoms with Crippen molar-refractivity contribution >= 4 is 11.9 Å². The van der Waals surface area contributed by atoms with Crippen molar-refractivity contribution in [2.24, 2.45) is 0 Å². The van der Waals surface area contributed by atoms with Gasteiger partial charge in [-0.15, -0.1) is 6.42 Å². The number of nitrogens with zero attached hydrogens (tertiary/aromatic N) is 1. The van der Waals surface area contributed by atoms with Gasteiger partial charge < -0.3 is 10.0 Å². The molecule has 18 heavy (non-hydrogen) atoms. The smallest absolute Gasteiger partial charge is 0.323 e. The molecule has 0 spiro atoms. The number of benzene rings is 1. The van der Waals surface area contributed by atoms with Crippen molar-refractivity contribution in [2.45, 2.75) is 6.42 Å². The van der Waals surface area contributed by atoms with Crippen molar-refractivity contribution in [1.82, 2.24) is 4.90 Å². The van der Waals surface area contributed by atoms with Gasteiger partial charge in [0.05, 0.1) is 13.0 Å². The SMILES string of the molecule is C#CCN(CC(=O)O)C(=O)Cc1cccc(F)c1. The van der Waals surface area contributed by atoms with Gasteiger partial charge in [-0.3, -0.25) is 9.59 Å². The number of halogens is 1. The standard InChI is InChI=1S/C13H12FNO3/c1-2-6-15(9-13(17)18)12(16)8-10-4-3-5-11(14)7-10/h1,3-5,7H,6,8-9H2,(H,17,18). The van der Waals surface area contributed by atoms with Crippen molar-refractivity contribution in [2.75, 3.05) is 13.1 Å². The van der Waals surface area contributed by atoms with E-state index in [-0.39, 0.29) is 13.0 Å². The van der Waals surface area contributed by atoms with Crippen LogP contribution in [0.2, 0.25) is 0 Å². The zero-order chi connectivity index (χ0) is 13.5. The summed E-state index contributed by atoms with van der Waals surface area (Å²) in [6, 6.07) is 5.58. The van der Waals surface area contributed by atoms with Gasteiger partial charge in [-0.25, -0.2) is 4.39 Å². The molecule has 4 nitrogen and oxygen atoms in total. The molecule has 1 N–H and O–H groups in total. The Labute approximate surface area is 104 Å². The molecular formula is C13H12FNO3. The van der Waals surface area contributed by atoms with Crippen LogP contribution in [0.1, 0.15) is 5.56 Å². The largest absolute Gasteiger partial charge is 0.480 e. The maximum absolute atomic E-state index is 12.9. The minimum Gasteiger partial charge on any atom is -0.480 e. The van der Waals surface area contributed by atoms with Crippen molar-refractivity contribution < 1.29 is 19.1 Å². The molecule has 0 unspecified atom stereocenters. The highest BCUT2D eigenvalue weighted by Gasteiger charge is 2.16. The topological polar surface area (TPSA) is 57.6 Å². The molecule has 0 bridgehead atoms. The number of carbonyl (C=O) groups excluding carboxylic acids is 1. The molecule has 0 fully saturated rings. The van der Waals surface area contributed by atoms with Crippen LogP contribution in [0.25, 0.3) is 0 Å². The predicted molar refractivity (Wildman–Crippen MR) is 63.2 cm³/mol. The third-order valence-electron chi connectivity index (χ3n) is 2.21. The van der Waals surface area contributed by atoms with E-state index in [9.17, 15) is 14.0 Å². The Hall–Kier alpha value is -2.35.